The van der Waals surface area contributed by atoms with E-state index in [1.807, 2.05) is 0 Å². The number of Topliss-reactive ketones (excluding diaryl/α,β-unsaturated/α-hetero) is 2. The summed E-state index contributed by atoms with van der Waals surface area (Å²) in [5.74, 6) is 0.112. The van der Waals surface area contributed by atoms with Crippen molar-refractivity contribution in [3.63, 3.8) is 0 Å². The topological polar surface area (TPSA) is 43.4 Å². The molecule has 1 aliphatic carbocycles. The molecule has 1 fully saturated rings. The van der Waals surface area contributed by atoms with Crippen molar-refractivity contribution in [1.29, 1.82) is 0 Å². The van der Waals surface area contributed by atoms with Crippen LogP contribution in [0.25, 0.3) is 0 Å². The van der Waals surface area contributed by atoms with E-state index < -0.39 is 12.0 Å². The third kappa shape index (κ3) is 2.41. The van der Waals surface area contributed by atoms with E-state index in [1.54, 1.807) is 6.92 Å². The highest BCUT2D eigenvalue weighted by atomic mass is 16.5. The van der Waals surface area contributed by atoms with Gasteiger partial charge in [-0.1, -0.05) is 6.92 Å². The first kappa shape index (κ1) is 11.4. The van der Waals surface area contributed by atoms with Crippen molar-refractivity contribution in [3.8, 4) is 0 Å². The van der Waals surface area contributed by atoms with Crippen LogP contribution in [-0.2, 0) is 14.3 Å². The van der Waals surface area contributed by atoms with E-state index in [1.165, 1.54) is 7.11 Å². The molecule has 3 unspecified atom stereocenters. The van der Waals surface area contributed by atoms with Crippen LogP contribution < -0.4 is 0 Å². The lowest BCUT2D eigenvalue weighted by Gasteiger charge is -2.26. The second kappa shape index (κ2) is 4.69. The highest BCUT2D eigenvalue weighted by Crippen LogP contribution is 2.27. The van der Waals surface area contributed by atoms with Gasteiger partial charge in [0, 0.05) is 13.5 Å². The standard InChI is InChI=1S/C11H18O3/c1-7-4-5-10(12)9(6-7)11(13)8(2)14-3/h7-9H,4-6H2,1-3H3. The van der Waals surface area contributed by atoms with E-state index in [9.17, 15) is 9.59 Å². The molecule has 0 aromatic carbocycles. The zero-order chi connectivity index (χ0) is 10.7. The molecule has 80 valence electrons. The number of carbonyl (C=O) groups is 2. The average Bonchev–Trinajstić information content (AvgIpc) is 2.19. The van der Waals surface area contributed by atoms with E-state index in [0.29, 0.717) is 18.8 Å². The van der Waals surface area contributed by atoms with Crippen LogP contribution >= 0.6 is 0 Å². The Hall–Kier alpha value is -0.700. The monoisotopic (exact) mass is 198 g/mol. The second-order valence-electron chi connectivity index (χ2n) is 4.18. The van der Waals surface area contributed by atoms with Crippen LogP contribution in [0, 0.1) is 11.8 Å². The largest absolute Gasteiger partial charge is 0.374 e. The predicted molar refractivity (Wildman–Crippen MR) is 53.0 cm³/mol. The van der Waals surface area contributed by atoms with Gasteiger partial charge >= 0.3 is 0 Å². The molecule has 1 aliphatic rings. The van der Waals surface area contributed by atoms with Crippen molar-refractivity contribution in [2.75, 3.05) is 7.11 Å². The van der Waals surface area contributed by atoms with Crippen molar-refractivity contribution >= 4 is 11.6 Å². The molecule has 0 N–H and O–H groups in total. The van der Waals surface area contributed by atoms with Gasteiger partial charge in [-0.3, -0.25) is 9.59 Å². The number of carbonyl (C=O) groups excluding carboxylic acids is 2. The quantitative estimate of drug-likeness (QED) is 0.647. The van der Waals surface area contributed by atoms with Crippen molar-refractivity contribution in [2.24, 2.45) is 11.8 Å². The highest BCUT2D eigenvalue weighted by molar-refractivity contribution is 6.04. The van der Waals surface area contributed by atoms with Crippen molar-refractivity contribution in [3.05, 3.63) is 0 Å². The molecule has 0 spiro atoms. The maximum atomic E-state index is 11.7. The normalized spacial score (nSPS) is 30.1. The number of ketones is 2. The van der Waals surface area contributed by atoms with Crippen LogP contribution in [0.15, 0.2) is 0 Å². The van der Waals surface area contributed by atoms with Gasteiger partial charge in [-0.15, -0.1) is 0 Å². The van der Waals surface area contributed by atoms with Crippen LogP contribution in [0.1, 0.15) is 33.1 Å². The Morgan fingerprint density at radius 1 is 1.57 bits per heavy atom. The Morgan fingerprint density at radius 2 is 2.21 bits per heavy atom. The van der Waals surface area contributed by atoms with Gasteiger partial charge in [-0.05, 0) is 25.7 Å². The van der Waals surface area contributed by atoms with Crippen LogP contribution in [-0.4, -0.2) is 24.8 Å². The fourth-order valence-corrected chi connectivity index (χ4v) is 1.89. The minimum Gasteiger partial charge on any atom is -0.374 e. The van der Waals surface area contributed by atoms with Crippen LogP contribution in [0.2, 0.25) is 0 Å². The van der Waals surface area contributed by atoms with Gasteiger partial charge in [0.2, 0.25) is 0 Å². The molecule has 0 heterocycles. The summed E-state index contributed by atoms with van der Waals surface area (Å²) < 4.78 is 4.95. The zero-order valence-corrected chi connectivity index (χ0v) is 9.08. The second-order valence-corrected chi connectivity index (χ2v) is 4.18. The van der Waals surface area contributed by atoms with E-state index in [-0.39, 0.29) is 11.6 Å². The molecule has 0 aliphatic heterocycles. The summed E-state index contributed by atoms with van der Waals surface area (Å²) in [7, 11) is 1.50. The maximum absolute atomic E-state index is 11.7. The summed E-state index contributed by atoms with van der Waals surface area (Å²) >= 11 is 0. The molecule has 3 heteroatoms. The third-order valence-corrected chi connectivity index (χ3v) is 3.01. The molecule has 1 rings (SSSR count). The fraction of sp³-hybridized carbons (Fsp3) is 0.818. The van der Waals surface area contributed by atoms with Gasteiger partial charge in [0.25, 0.3) is 0 Å². The summed E-state index contributed by atoms with van der Waals surface area (Å²) in [6.07, 6.45) is 1.72. The highest BCUT2D eigenvalue weighted by Gasteiger charge is 2.34. The fourth-order valence-electron chi connectivity index (χ4n) is 1.89. The lowest BCUT2D eigenvalue weighted by atomic mass is 9.78. The predicted octanol–water partition coefficient (Wildman–Crippen LogP) is 1.60. The summed E-state index contributed by atoms with van der Waals surface area (Å²) in [5.41, 5.74) is 0. The Morgan fingerprint density at radius 3 is 2.79 bits per heavy atom. The van der Waals surface area contributed by atoms with Crippen LogP contribution in [0.4, 0.5) is 0 Å². The van der Waals surface area contributed by atoms with Crippen molar-refractivity contribution in [1.82, 2.24) is 0 Å². The first-order chi connectivity index (χ1) is 6.56. The van der Waals surface area contributed by atoms with Gasteiger partial charge in [0.05, 0.1) is 5.92 Å². The minimum atomic E-state index is -0.450. The van der Waals surface area contributed by atoms with Gasteiger partial charge in [0.1, 0.15) is 11.9 Å². The zero-order valence-electron chi connectivity index (χ0n) is 9.08. The van der Waals surface area contributed by atoms with Gasteiger partial charge in [-0.2, -0.15) is 0 Å². The minimum absolute atomic E-state index is 0.0518. The summed E-state index contributed by atoms with van der Waals surface area (Å²) in [4.78, 5) is 23.3. The number of methoxy groups -OCH3 is 1. The lowest BCUT2D eigenvalue weighted by molar-refractivity contribution is -0.140. The third-order valence-electron chi connectivity index (χ3n) is 3.01. The van der Waals surface area contributed by atoms with Crippen molar-refractivity contribution in [2.45, 2.75) is 39.2 Å². The average molecular weight is 198 g/mol. The summed E-state index contributed by atoms with van der Waals surface area (Å²) in [6, 6.07) is 0. The maximum Gasteiger partial charge on any atom is 0.171 e. The Labute approximate surface area is 84.8 Å². The molecule has 3 atom stereocenters. The molecule has 0 radical (unpaired) electrons. The molecule has 1 saturated carbocycles. The first-order valence-electron chi connectivity index (χ1n) is 5.15. The Kier molecular flexibility index (Phi) is 3.81. The van der Waals surface area contributed by atoms with Crippen LogP contribution in [0.5, 0.6) is 0 Å². The molecule has 0 bridgehead atoms. The van der Waals surface area contributed by atoms with E-state index in [2.05, 4.69) is 6.92 Å². The lowest BCUT2D eigenvalue weighted by Crippen LogP contribution is -2.36. The van der Waals surface area contributed by atoms with Crippen molar-refractivity contribution < 1.29 is 14.3 Å². The smallest absolute Gasteiger partial charge is 0.171 e. The SMILES string of the molecule is COC(C)C(=O)C1CC(C)CCC1=O. The molecule has 0 aromatic heterocycles. The van der Waals surface area contributed by atoms with E-state index in [4.69, 9.17) is 4.74 Å². The number of ether oxygens (including phenoxy) is 1. The number of hydrogen-bond donors (Lipinski definition) is 0. The number of rotatable bonds is 3. The van der Waals surface area contributed by atoms with Crippen LogP contribution in [0.3, 0.4) is 0 Å². The summed E-state index contributed by atoms with van der Waals surface area (Å²) in [6.45, 7) is 3.79. The molecule has 3 nitrogen and oxygen atoms in total. The van der Waals surface area contributed by atoms with E-state index in [0.717, 1.165) is 6.42 Å². The van der Waals surface area contributed by atoms with Gasteiger partial charge in [-0.25, -0.2) is 0 Å². The molecule has 14 heavy (non-hydrogen) atoms. The first-order valence-corrected chi connectivity index (χ1v) is 5.15. The molecule has 0 amide bonds. The Balaban J connectivity index is 2.65. The molecular formula is C11H18O3. The van der Waals surface area contributed by atoms with Gasteiger partial charge < -0.3 is 4.74 Å². The molecule has 0 saturated heterocycles. The molecular weight excluding hydrogens is 180 g/mol. The Bertz CT molecular complexity index is 235. The molecule has 0 aromatic rings. The van der Waals surface area contributed by atoms with E-state index >= 15 is 0 Å². The summed E-state index contributed by atoms with van der Waals surface area (Å²) in [5, 5.41) is 0. The van der Waals surface area contributed by atoms with Gasteiger partial charge in [0.15, 0.2) is 5.78 Å². The number of hydrogen-bond acceptors (Lipinski definition) is 3.